The van der Waals surface area contributed by atoms with Gasteiger partial charge in [-0.15, -0.1) is 0 Å². The lowest BCUT2D eigenvalue weighted by Crippen LogP contribution is -2.43. The summed E-state index contributed by atoms with van der Waals surface area (Å²) in [5.41, 5.74) is 3.39. The van der Waals surface area contributed by atoms with E-state index in [1.165, 1.54) is 6.92 Å². The number of benzene rings is 2. The van der Waals surface area contributed by atoms with E-state index in [1.54, 1.807) is 36.4 Å². The average Bonchev–Trinajstić information content (AvgIpc) is 3.13. The molecule has 2 heterocycles. The van der Waals surface area contributed by atoms with Gasteiger partial charge in [-0.05, 0) is 55.3 Å². The molecule has 0 saturated carbocycles. The second kappa shape index (κ2) is 6.75. The Kier molecular flexibility index (Phi) is 4.27. The Bertz CT molecular complexity index is 923. The topological polar surface area (TPSA) is 90.5 Å². The molecule has 3 amide bonds. The third kappa shape index (κ3) is 3.36. The summed E-state index contributed by atoms with van der Waals surface area (Å²) in [6.07, 6.45) is 1.86. The minimum atomic E-state index is -0.261. The Balaban J connectivity index is 1.50. The van der Waals surface area contributed by atoms with Gasteiger partial charge in [0.25, 0.3) is 5.91 Å². The molecule has 1 saturated heterocycles. The van der Waals surface area contributed by atoms with Gasteiger partial charge in [0.15, 0.2) is 0 Å². The Morgan fingerprint density at radius 1 is 1.07 bits per heavy atom. The van der Waals surface area contributed by atoms with Crippen LogP contribution in [0.4, 0.5) is 22.7 Å². The molecular formula is C20H20N4O3. The van der Waals surface area contributed by atoms with Crippen molar-refractivity contribution in [2.45, 2.75) is 25.8 Å². The van der Waals surface area contributed by atoms with Crippen LogP contribution in [0.1, 0.15) is 30.1 Å². The lowest BCUT2D eigenvalue weighted by molar-refractivity contribution is -0.117. The fourth-order valence-corrected chi connectivity index (χ4v) is 3.61. The molecule has 0 aliphatic carbocycles. The van der Waals surface area contributed by atoms with E-state index in [1.807, 2.05) is 6.07 Å². The third-order valence-corrected chi connectivity index (χ3v) is 4.84. The smallest absolute Gasteiger partial charge is 0.255 e. The molecule has 7 heteroatoms. The molecule has 2 aliphatic rings. The number of amides is 3. The molecule has 7 nitrogen and oxygen atoms in total. The standard InChI is InChI=1S/C20H20N4O3/c1-12(25)21-14-5-7-15(8-6-14)22-19(26)13-4-9-17-16(11-13)23-20(27)18-3-2-10-24(17)18/h4-9,11,18H,2-3,10H2,1H3,(H,21,25)(H,22,26)(H,23,27). The van der Waals surface area contributed by atoms with Gasteiger partial charge in [-0.3, -0.25) is 14.4 Å². The van der Waals surface area contributed by atoms with E-state index in [2.05, 4.69) is 20.9 Å². The minimum Gasteiger partial charge on any atom is -0.358 e. The van der Waals surface area contributed by atoms with E-state index in [0.717, 1.165) is 25.1 Å². The van der Waals surface area contributed by atoms with Crippen molar-refractivity contribution in [2.75, 3.05) is 27.4 Å². The maximum atomic E-state index is 12.6. The zero-order valence-corrected chi connectivity index (χ0v) is 14.9. The normalized spacial score (nSPS) is 17.6. The van der Waals surface area contributed by atoms with Gasteiger partial charge in [-0.1, -0.05) is 0 Å². The quantitative estimate of drug-likeness (QED) is 0.781. The van der Waals surface area contributed by atoms with Crippen LogP contribution in [0.3, 0.4) is 0 Å². The molecule has 4 rings (SSSR count). The minimum absolute atomic E-state index is 0.00822. The molecule has 1 fully saturated rings. The maximum Gasteiger partial charge on any atom is 0.255 e. The average molecular weight is 364 g/mol. The van der Waals surface area contributed by atoms with Gasteiger partial charge >= 0.3 is 0 Å². The fourth-order valence-electron chi connectivity index (χ4n) is 3.61. The van der Waals surface area contributed by atoms with E-state index >= 15 is 0 Å². The lowest BCUT2D eigenvalue weighted by atomic mass is 10.1. The van der Waals surface area contributed by atoms with E-state index in [-0.39, 0.29) is 23.8 Å². The number of nitrogens with zero attached hydrogens (tertiary/aromatic N) is 1. The molecule has 1 atom stereocenters. The van der Waals surface area contributed by atoms with Crippen LogP contribution >= 0.6 is 0 Å². The largest absolute Gasteiger partial charge is 0.358 e. The van der Waals surface area contributed by atoms with Crippen molar-refractivity contribution in [1.82, 2.24) is 0 Å². The van der Waals surface area contributed by atoms with Crippen molar-refractivity contribution in [3.8, 4) is 0 Å². The molecule has 2 aromatic rings. The number of hydrogen-bond acceptors (Lipinski definition) is 4. The molecular weight excluding hydrogens is 344 g/mol. The second-order valence-electron chi connectivity index (χ2n) is 6.79. The Hall–Kier alpha value is -3.35. The van der Waals surface area contributed by atoms with Crippen molar-refractivity contribution in [3.63, 3.8) is 0 Å². The number of nitrogens with one attached hydrogen (secondary N) is 3. The number of fused-ring (bicyclic) bond motifs is 3. The van der Waals surface area contributed by atoms with Crippen LogP contribution in [0.5, 0.6) is 0 Å². The fraction of sp³-hybridized carbons (Fsp3) is 0.250. The van der Waals surface area contributed by atoms with E-state index in [4.69, 9.17) is 0 Å². The van der Waals surface area contributed by atoms with E-state index < -0.39 is 0 Å². The summed E-state index contributed by atoms with van der Waals surface area (Å²) in [6.45, 7) is 2.30. The van der Waals surface area contributed by atoms with Gasteiger partial charge in [-0.25, -0.2) is 0 Å². The molecule has 3 N–H and O–H groups in total. The first kappa shape index (κ1) is 17.1. The van der Waals surface area contributed by atoms with Gasteiger partial charge in [0.1, 0.15) is 6.04 Å². The molecule has 0 spiro atoms. The Morgan fingerprint density at radius 2 is 1.78 bits per heavy atom. The number of carbonyl (C=O) groups excluding carboxylic acids is 3. The molecule has 27 heavy (non-hydrogen) atoms. The first-order valence-corrected chi connectivity index (χ1v) is 8.92. The predicted molar refractivity (Wildman–Crippen MR) is 104 cm³/mol. The molecule has 0 bridgehead atoms. The van der Waals surface area contributed by atoms with Crippen molar-refractivity contribution >= 4 is 40.5 Å². The van der Waals surface area contributed by atoms with Crippen molar-refractivity contribution < 1.29 is 14.4 Å². The van der Waals surface area contributed by atoms with Gasteiger partial charge in [-0.2, -0.15) is 0 Å². The van der Waals surface area contributed by atoms with Crippen molar-refractivity contribution in [2.24, 2.45) is 0 Å². The predicted octanol–water partition coefficient (Wildman–Crippen LogP) is 2.82. The monoisotopic (exact) mass is 364 g/mol. The van der Waals surface area contributed by atoms with Crippen LogP contribution in [0.25, 0.3) is 0 Å². The number of rotatable bonds is 3. The number of carbonyl (C=O) groups is 3. The number of anilines is 4. The maximum absolute atomic E-state index is 12.6. The molecule has 2 aromatic carbocycles. The highest BCUT2D eigenvalue weighted by Crippen LogP contribution is 2.37. The SMILES string of the molecule is CC(=O)Nc1ccc(NC(=O)c2ccc3c(c2)NC(=O)C2CCCN32)cc1. The molecule has 2 aliphatic heterocycles. The first-order chi connectivity index (χ1) is 13.0. The van der Waals surface area contributed by atoms with Crippen LogP contribution in [-0.4, -0.2) is 30.3 Å². The summed E-state index contributed by atoms with van der Waals surface area (Å²) >= 11 is 0. The summed E-state index contributed by atoms with van der Waals surface area (Å²) in [6, 6.07) is 12.2. The summed E-state index contributed by atoms with van der Waals surface area (Å²) in [4.78, 5) is 38.0. The van der Waals surface area contributed by atoms with Crippen LogP contribution < -0.4 is 20.9 Å². The van der Waals surface area contributed by atoms with Crippen LogP contribution in [0.15, 0.2) is 42.5 Å². The van der Waals surface area contributed by atoms with Gasteiger partial charge in [0.2, 0.25) is 11.8 Å². The van der Waals surface area contributed by atoms with Crippen molar-refractivity contribution in [3.05, 3.63) is 48.0 Å². The highest BCUT2D eigenvalue weighted by atomic mass is 16.2. The molecule has 0 aromatic heterocycles. The van der Waals surface area contributed by atoms with Crippen LogP contribution in [-0.2, 0) is 9.59 Å². The summed E-state index contributed by atoms with van der Waals surface area (Å²) in [5, 5.41) is 8.42. The van der Waals surface area contributed by atoms with Crippen LogP contribution in [0.2, 0.25) is 0 Å². The highest BCUT2D eigenvalue weighted by molar-refractivity contribution is 6.09. The summed E-state index contributed by atoms with van der Waals surface area (Å²) in [5.74, 6) is -0.419. The highest BCUT2D eigenvalue weighted by Gasteiger charge is 2.36. The van der Waals surface area contributed by atoms with Gasteiger partial charge < -0.3 is 20.9 Å². The number of hydrogen-bond donors (Lipinski definition) is 3. The molecule has 138 valence electrons. The lowest BCUT2D eigenvalue weighted by Gasteiger charge is -2.33. The second-order valence-corrected chi connectivity index (χ2v) is 6.79. The zero-order valence-electron chi connectivity index (χ0n) is 14.9. The van der Waals surface area contributed by atoms with Crippen molar-refractivity contribution in [1.29, 1.82) is 0 Å². The molecule has 1 unspecified atom stereocenters. The van der Waals surface area contributed by atoms with E-state index in [0.29, 0.717) is 22.6 Å². The zero-order chi connectivity index (χ0) is 19.0. The Morgan fingerprint density at radius 3 is 2.48 bits per heavy atom. The third-order valence-electron chi connectivity index (χ3n) is 4.84. The molecule has 0 radical (unpaired) electrons. The first-order valence-electron chi connectivity index (χ1n) is 8.92. The van der Waals surface area contributed by atoms with E-state index in [9.17, 15) is 14.4 Å². The summed E-state index contributed by atoms with van der Waals surface area (Å²) in [7, 11) is 0. The summed E-state index contributed by atoms with van der Waals surface area (Å²) < 4.78 is 0. The Labute approximate surface area is 156 Å². The van der Waals surface area contributed by atoms with Crippen LogP contribution in [0, 0.1) is 0 Å². The van der Waals surface area contributed by atoms with Gasteiger partial charge in [0, 0.05) is 30.4 Å². The van der Waals surface area contributed by atoms with Gasteiger partial charge in [0.05, 0.1) is 11.4 Å².